The van der Waals surface area contributed by atoms with Crippen LogP contribution in [0.4, 0.5) is 0 Å². The fourth-order valence-electron chi connectivity index (χ4n) is 0.874. The van der Waals surface area contributed by atoms with Gasteiger partial charge in [0, 0.05) is 19.0 Å². The molecule has 4 nitrogen and oxygen atoms in total. The molecule has 0 spiro atoms. The molecule has 1 rings (SSSR count). The summed E-state index contributed by atoms with van der Waals surface area (Å²) in [5, 5.41) is 2.37. The van der Waals surface area contributed by atoms with Crippen molar-refractivity contribution in [2.24, 2.45) is 10.9 Å². The van der Waals surface area contributed by atoms with Crippen molar-refractivity contribution in [3.63, 3.8) is 0 Å². The molecule has 1 aliphatic rings. The minimum Gasteiger partial charge on any atom is -0.308 e. The molecular weight excluding hydrogens is 156 g/mol. The number of amides is 1. The summed E-state index contributed by atoms with van der Waals surface area (Å²) in [7, 11) is 0. The van der Waals surface area contributed by atoms with Crippen molar-refractivity contribution < 1.29 is 9.59 Å². The van der Waals surface area contributed by atoms with E-state index in [9.17, 15) is 9.59 Å². The van der Waals surface area contributed by atoms with E-state index in [0.717, 1.165) is 0 Å². The summed E-state index contributed by atoms with van der Waals surface area (Å²) in [4.78, 5) is 25.6. The van der Waals surface area contributed by atoms with Crippen molar-refractivity contribution in [3.05, 3.63) is 12.3 Å². The molecule has 1 amide bonds. The highest BCUT2D eigenvalue weighted by Gasteiger charge is 2.20. The summed E-state index contributed by atoms with van der Waals surface area (Å²) in [5.74, 6) is -0.473. The molecule has 1 unspecified atom stereocenters. The van der Waals surface area contributed by atoms with E-state index in [4.69, 9.17) is 0 Å². The molecule has 1 heterocycles. The van der Waals surface area contributed by atoms with Crippen LogP contribution in [0.25, 0.3) is 0 Å². The van der Waals surface area contributed by atoms with Crippen molar-refractivity contribution in [1.82, 2.24) is 5.32 Å². The van der Waals surface area contributed by atoms with E-state index in [1.165, 1.54) is 13.1 Å². The Bertz CT molecular complexity index is 279. The number of nitrogens with one attached hydrogen (secondary N) is 1. The molecule has 0 saturated heterocycles. The predicted octanol–water partition coefficient (Wildman–Crippen LogP) is 0.254. The van der Waals surface area contributed by atoms with Crippen LogP contribution in [0, 0.1) is 5.92 Å². The Hall–Kier alpha value is -1.45. The van der Waals surface area contributed by atoms with Gasteiger partial charge >= 0.3 is 0 Å². The van der Waals surface area contributed by atoms with Crippen molar-refractivity contribution in [3.8, 4) is 0 Å². The molecule has 1 N–H and O–H groups in total. The number of amidine groups is 1. The highest BCUT2D eigenvalue weighted by molar-refractivity contribution is 6.42. The van der Waals surface area contributed by atoms with E-state index in [2.05, 4.69) is 10.3 Å². The van der Waals surface area contributed by atoms with Crippen LogP contribution in [0.2, 0.25) is 0 Å². The number of nitrogens with zero attached hydrogens (tertiary/aromatic N) is 1. The van der Waals surface area contributed by atoms with Crippen molar-refractivity contribution in [2.45, 2.75) is 13.8 Å². The number of Topliss-reactive ketones (excluding diaryl/α,β-unsaturated/α-hetero) is 1. The first kappa shape index (κ1) is 8.64. The topological polar surface area (TPSA) is 58.5 Å². The molecule has 12 heavy (non-hydrogen) atoms. The second-order valence-electron chi connectivity index (χ2n) is 2.65. The Morgan fingerprint density at radius 2 is 2.33 bits per heavy atom. The third-order valence-electron chi connectivity index (χ3n) is 1.52. The summed E-state index contributed by atoms with van der Waals surface area (Å²) in [5.41, 5.74) is 0. The lowest BCUT2D eigenvalue weighted by molar-refractivity contribution is -0.119. The SMILES string of the molecule is CC(=O)NC1=NC=CC(C)C1=O. The van der Waals surface area contributed by atoms with E-state index < -0.39 is 0 Å². The molecule has 0 fully saturated rings. The first-order valence-corrected chi connectivity index (χ1v) is 3.67. The normalized spacial score (nSPS) is 22.0. The quantitative estimate of drug-likeness (QED) is 0.561. The van der Waals surface area contributed by atoms with Gasteiger partial charge in [-0.1, -0.05) is 13.0 Å². The van der Waals surface area contributed by atoms with Gasteiger partial charge in [0.1, 0.15) is 0 Å². The van der Waals surface area contributed by atoms with Crippen molar-refractivity contribution in [2.75, 3.05) is 0 Å². The highest BCUT2D eigenvalue weighted by atomic mass is 16.2. The first-order valence-electron chi connectivity index (χ1n) is 3.67. The smallest absolute Gasteiger partial charge is 0.222 e. The summed E-state index contributed by atoms with van der Waals surface area (Å²) in [6.07, 6.45) is 3.21. The van der Waals surface area contributed by atoms with Crippen molar-refractivity contribution in [1.29, 1.82) is 0 Å². The molecule has 1 aliphatic heterocycles. The Kier molecular flexibility index (Phi) is 2.38. The molecule has 0 bridgehead atoms. The molecule has 64 valence electrons. The van der Waals surface area contributed by atoms with Gasteiger partial charge in [0.25, 0.3) is 0 Å². The maximum Gasteiger partial charge on any atom is 0.222 e. The average Bonchev–Trinajstić information content (AvgIpc) is 1.98. The lowest BCUT2D eigenvalue weighted by Gasteiger charge is -2.11. The van der Waals surface area contributed by atoms with E-state index >= 15 is 0 Å². The van der Waals surface area contributed by atoms with Crippen LogP contribution < -0.4 is 5.32 Å². The van der Waals surface area contributed by atoms with Gasteiger partial charge in [-0.15, -0.1) is 0 Å². The molecule has 0 saturated carbocycles. The number of allylic oxidation sites excluding steroid dienone is 1. The zero-order chi connectivity index (χ0) is 9.14. The zero-order valence-corrected chi connectivity index (χ0v) is 7.00. The number of ketones is 1. The largest absolute Gasteiger partial charge is 0.308 e. The Balaban J connectivity index is 2.76. The summed E-state index contributed by atoms with van der Waals surface area (Å²) >= 11 is 0. The number of hydrogen-bond acceptors (Lipinski definition) is 3. The van der Waals surface area contributed by atoms with Crippen LogP contribution in [0.3, 0.4) is 0 Å². The van der Waals surface area contributed by atoms with E-state index in [1.807, 2.05) is 0 Å². The fourth-order valence-corrected chi connectivity index (χ4v) is 0.874. The zero-order valence-electron chi connectivity index (χ0n) is 7.00. The van der Waals surface area contributed by atoms with Gasteiger partial charge in [0.2, 0.25) is 11.7 Å². The van der Waals surface area contributed by atoms with E-state index in [1.54, 1.807) is 13.0 Å². The van der Waals surface area contributed by atoms with Gasteiger partial charge in [0.05, 0.1) is 0 Å². The van der Waals surface area contributed by atoms with E-state index in [0.29, 0.717) is 0 Å². The highest BCUT2D eigenvalue weighted by Crippen LogP contribution is 2.05. The number of carbonyl (C=O) groups is 2. The molecule has 1 atom stereocenters. The maximum absolute atomic E-state index is 11.3. The van der Waals surface area contributed by atoms with Crippen LogP contribution >= 0.6 is 0 Å². The molecule has 0 aromatic rings. The van der Waals surface area contributed by atoms with Gasteiger partial charge < -0.3 is 5.32 Å². The van der Waals surface area contributed by atoms with E-state index in [-0.39, 0.29) is 23.4 Å². The number of aliphatic imine (C=N–C) groups is 1. The molecule has 4 heteroatoms. The minimum absolute atomic E-state index is 0.137. The van der Waals surface area contributed by atoms with Gasteiger partial charge in [-0.2, -0.15) is 0 Å². The summed E-state index contributed by atoms with van der Waals surface area (Å²) in [6, 6.07) is 0. The predicted molar refractivity (Wildman–Crippen MR) is 44.6 cm³/mol. The Morgan fingerprint density at radius 3 is 2.92 bits per heavy atom. The average molecular weight is 166 g/mol. The molecule has 0 aromatic heterocycles. The van der Waals surface area contributed by atoms with Crippen molar-refractivity contribution >= 4 is 17.5 Å². The van der Waals surface area contributed by atoms with Crippen LogP contribution in [0.15, 0.2) is 17.3 Å². The standard InChI is InChI=1S/C8H10N2O2/c1-5-3-4-9-8(7(5)12)10-6(2)11/h3-5H,1-2H3,(H,9,10,11). The summed E-state index contributed by atoms with van der Waals surface area (Å²) < 4.78 is 0. The Labute approximate surface area is 70.4 Å². The maximum atomic E-state index is 11.3. The van der Waals surface area contributed by atoms with Crippen LogP contribution in [-0.2, 0) is 9.59 Å². The molecule has 0 aliphatic carbocycles. The monoisotopic (exact) mass is 166 g/mol. The molecule has 0 radical (unpaired) electrons. The third kappa shape index (κ3) is 1.78. The van der Waals surface area contributed by atoms with Gasteiger partial charge in [0.15, 0.2) is 5.84 Å². The molecular formula is C8H10N2O2. The first-order chi connectivity index (χ1) is 5.61. The number of hydrogen-bond donors (Lipinski definition) is 1. The lowest BCUT2D eigenvalue weighted by Crippen LogP contribution is -2.38. The van der Waals surface area contributed by atoms with Crippen LogP contribution in [0.1, 0.15) is 13.8 Å². The minimum atomic E-state index is -0.274. The van der Waals surface area contributed by atoms with Crippen LogP contribution in [-0.4, -0.2) is 17.5 Å². The second kappa shape index (κ2) is 3.30. The second-order valence-corrected chi connectivity index (χ2v) is 2.65. The lowest BCUT2D eigenvalue weighted by atomic mass is 10.0. The van der Waals surface area contributed by atoms with Gasteiger partial charge in [-0.25, -0.2) is 4.99 Å². The molecule has 0 aromatic carbocycles. The van der Waals surface area contributed by atoms with Gasteiger partial charge in [-0.05, 0) is 0 Å². The van der Waals surface area contributed by atoms with Gasteiger partial charge in [-0.3, -0.25) is 9.59 Å². The number of carbonyl (C=O) groups excluding carboxylic acids is 2. The number of rotatable bonds is 0. The summed E-state index contributed by atoms with van der Waals surface area (Å²) in [6.45, 7) is 3.11. The van der Waals surface area contributed by atoms with Crippen LogP contribution in [0.5, 0.6) is 0 Å². The fraction of sp³-hybridized carbons (Fsp3) is 0.375. The Morgan fingerprint density at radius 1 is 1.67 bits per heavy atom. The third-order valence-corrected chi connectivity index (χ3v) is 1.52.